The van der Waals surface area contributed by atoms with Gasteiger partial charge in [0.15, 0.2) is 0 Å². The van der Waals surface area contributed by atoms with Crippen LogP contribution in [0.25, 0.3) is 0 Å². The van der Waals surface area contributed by atoms with Crippen LogP contribution in [0.3, 0.4) is 0 Å². The summed E-state index contributed by atoms with van der Waals surface area (Å²) in [6, 6.07) is 6.15. The molecule has 1 aromatic carbocycles. The van der Waals surface area contributed by atoms with Crippen molar-refractivity contribution in [3.8, 4) is 0 Å². The van der Waals surface area contributed by atoms with Gasteiger partial charge >= 0.3 is 0 Å². The van der Waals surface area contributed by atoms with Crippen LogP contribution in [-0.2, 0) is 6.42 Å². The van der Waals surface area contributed by atoms with E-state index in [2.05, 4.69) is 31.2 Å². The summed E-state index contributed by atoms with van der Waals surface area (Å²) in [6.45, 7) is 4.35. The third-order valence-electron chi connectivity index (χ3n) is 10.0. The molecule has 3 aliphatic rings. The Kier molecular flexibility index (Phi) is 10.1. The van der Waals surface area contributed by atoms with E-state index in [0.29, 0.717) is 5.92 Å². The monoisotopic (exact) mass is 466 g/mol. The number of aryl methyl sites for hydroxylation is 1. The zero-order chi connectivity index (χ0) is 23.8. The molecular weight excluding hydrogens is 415 g/mol. The summed E-state index contributed by atoms with van der Waals surface area (Å²) in [5, 5.41) is 0. The molecular formula is C33H51F. The van der Waals surface area contributed by atoms with Crippen molar-refractivity contribution in [2.75, 3.05) is 0 Å². The van der Waals surface area contributed by atoms with Crippen LogP contribution in [0.15, 0.2) is 30.4 Å². The Balaban J connectivity index is 1.21. The maximum atomic E-state index is 14.7. The average molecular weight is 467 g/mol. The summed E-state index contributed by atoms with van der Waals surface area (Å²) in [4.78, 5) is 0. The van der Waals surface area contributed by atoms with Crippen LogP contribution in [0.1, 0.15) is 134 Å². The molecule has 0 spiro atoms. The van der Waals surface area contributed by atoms with Crippen molar-refractivity contribution in [3.05, 3.63) is 47.3 Å². The molecule has 0 heterocycles. The molecule has 1 heteroatoms. The second-order valence-corrected chi connectivity index (χ2v) is 12.2. The van der Waals surface area contributed by atoms with Gasteiger partial charge in [-0.15, -0.1) is 0 Å². The van der Waals surface area contributed by atoms with E-state index in [4.69, 9.17) is 0 Å². The van der Waals surface area contributed by atoms with Gasteiger partial charge in [-0.25, -0.2) is 4.39 Å². The van der Waals surface area contributed by atoms with E-state index in [1.54, 1.807) is 6.42 Å². The smallest absolute Gasteiger partial charge is 0.126 e. The number of rotatable bonds is 10. The Morgan fingerprint density at radius 3 is 2.26 bits per heavy atom. The Morgan fingerprint density at radius 2 is 1.53 bits per heavy atom. The number of unbranched alkanes of at least 4 members (excludes halogenated alkanes) is 3. The van der Waals surface area contributed by atoms with Crippen molar-refractivity contribution in [1.29, 1.82) is 0 Å². The Labute approximate surface area is 210 Å². The molecule has 0 aliphatic heterocycles. The van der Waals surface area contributed by atoms with Gasteiger partial charge in [0.05, 0.1) is 0 Å². The molecule has 34 heavy (non-hydrogen) atoms. The van der Waals surface area contributed by atoms with E-state index in [1.807, 2.05) is 13.0 Å². The second kappa shape index (κ2) is 13.3. The van der Waals surface area contributed by atoms with Gasteiger partial charge in [-0.3, -0.25) is 0 Å². The lowest BCUT2D eigenvalue weighted by Crippen LogP contribution is -2.34. The number of benzene rings is 1. The standard InChI is InChI=1S/C33H51F/c1-3-5-7-9-10-25-12-13-31-23-30(21-20-29(31)22-25)26-14-16-27(17-15-26)32-19-18-28(33(34)24-32)11-8-6-4-2/h4,6,18-19,24-27,29-31H,3,5,7-17,20-23H2,1-2H3/b6-4+. The lowest BCUT2D eigenvalue weighted by atomic mass is 9.60. The van der Waals surface area contributed by atoms with E-state index in [1.165, 1.54) is 95.5 Å². The molecule has 0 saturated heterocycles. The topological polar surface area (TPSA) is 0 Å². The zero-order valence-corrected chi connectivity index (χ0v) is 22.2. The minimum Gasteiger partial charge on any atom is -0.207 e. The lowest BCUT2D eigenvalue weighted by Gasteiger charge is -2.45. The van der Waals surface area contributed by atoms with Gasteiger partial charge in [0, 0.05) is 0 Å². The first-order valence-electron chi connectivity index (χ1n) is 15.1. The predicted octanol–water partition coefficient (Wildman–Crippen LogP) is 10.4. The van der Waals surface area contributed by atoms with Gasteiger partial charge in [-0.1, -0.05) is 69.7 Å². The maximum Gasteiger partial charge on any atom is 0.126 e. The van der Waals surface area contributed by atoms with Gasteiger partial charge in [-0.05, 0) is 130 Å². The first kappa shape index (κ1) is 26.0. The highest BCUT2D eigenvalue weighted by molar-refractivity contribution is 5.28. The normalized spacial score (nSPS) is 32.1. The highest BCUT2D eigenvalue weighted by atomic mass is 19.1. The molecule has 190 valence electrons. The molecule has 0 nitrogen and oxygen atoms in total. The summed E-state index contributed by atoms with van der Waals surface area (Å²) >= 11 is 0. The van der Waals surface area contributed by atoms with E-state index < -0.39 is 0 Å². The van der Waals surface area contributed by atoms with Gasteiger partial charge in [0.1, 0.15) is 5.82 Å². The maximum absolute atomic E-state index is 14.7. The molecule has 3 saturated carbocycles. The quantitative estimate of drug-likeness (QED) is 0.237. The summed E-state index contributed by atoms with van der Waals surface area (Å²) in [7, 11) is 0. The number of allylic oxidation sites excluding steroid dienone is 2. The lowest BCUT2D eigenvalue weighted by molar-refractivity contribution is 0.0613. The molecule has 0 radical (unpaired) electrons. The van der Waals surface area contributed by atoms with E-state index >= 15 is 0 Å². The molecule has 4 unspecified atom stereocenters. The fourth-order valence-corrected chi connectivity index (χ4v) is 7.92. The van der Waals surface area contributed by atoms with Crippen molar-refractivity contribution in [3.63, 3.8) is 0 Å². The van der Waals surface area contributed by atoms with Crippen LogP contribution < -0.4 is 0 Å². The molecule has 4 rings (SSSR count). The van der Waals surface area contributed by atoms with Crippen LogP contribution in [-0.4, -0.2) is 0 Å². The summed E-state index contributed by atoms with van der Waals surface area (Å²) in [6.07, 6.45) is 27.6. The first-order chi connectivity index (χ1) is 16.7. The first-order valence-corrected chi connectivity index (χ1v) is 15.1. The fraction of sp³-hybridized carbons (Fsp3) is 0.758. The minimum atomic E-state index is 0.0171. The van der Waals surface area contributed by atoms with Crippen LogP contribution in [0.5, 0.6) is 0 Å². The number of fused-ring (bicyclic) bond motifs is 1. The van der Waals surface area contributed by atoms with Crippen molar-refractivity contribution < 1.29 is 4.39 Å². The highest BCUT2D eigenvalue weighted by Crippen LogP contribution is 2.50. The van der Waals surface area contributed by atoms with Crippen molar-refractivity contribution in [2.24, 2.45) is 29.6 Å². The number of hydrogen-bond acceptors (Lipinski definition) is 0. The van der Waals surface area contributed by atoms with Crippen molar-refractivity contribution in [2.45, 2.75) is 129 Å². The molecule has 3 fully saturated rings. The molecule has 0 N–H and O–H groups in total. The SMILES string of the molecule is C/C=C/CCc1ccc(C2CCC(C3CCC4CC(CCCCCC)CCC4C3)CC2)cc1F. The Hall–Kier alpha value is -1.11. The van der Waals surface area contributed by atoms with Gasteiger partial charge < -0.3 is 0 Å². The second-order valence-electron chi connectivity index (χ2n) is 12.2. The van der Waals surface area contributed by atoms with Crippen LogP contribution in [0.2, 0.25) is 0 Å². The minimum absolute atomic E-state index is 0.0171. The van der Waals surface area contributed by atoms with Crippen LogP contribution >= 0.6 is 0 Å². The summed E-state index contributed by atoms with van der Waals surface area (Å²) < 4.78 is 14.7. The third kappa shape index (κ3) is 6.98. The molecule has 0 amide bonds. The third-order valence-corrected chi connectivity index (χ3v) is 10.0. The Morgan fingerprint density at radius 1 is 0.824 bits per heavy atom. The van der Waals surface area contributed by atoms with Crippen molar-refractivity contribution in [1.82, 2.24) is 0 Å². The summed E-state index contributed by atoms with van der Waals surface area (Å²) in [5.74, 6) is 5.64. The van der Waals surface area contributed by atoms with Gasteiger partial charge in [0.25, 0.3) is 0 Å². The molecule has 1 aromatic rings. The van der Waals surface area contributed by atoms with Crippen molar-refractivity contribution >= 4 is 0 Å². The fourth-order valence-electron chi connectivity index (χ4n) is 7.92. The predicted molar refractivity (Wildman–Crippen MR) is 145 cm³/mol. The van der Waals surface area contributed by atoms with E-state index in [0.717, 1.165) is 48.0 Å². The van der Waals surface area contributed by atoms with Gasteiger partial charge in [-0.2, -0.15) is 0 Å². The van der Waals surface area contributed by atoms with Crippen LogP contribution in [0, 0.1) is 35.4 Å². The highest BCUT2D eigenvalue weighted by Gasteiger charge is 2.38. The summed E-state index contributed by atoms with van der Waals surface area (Å²) in [5.41, 5.74) is 2.13. The Bertz CT molecular complexity index is 756. The van der Waals surface area contributed by atoms with E-state index in [9.17, 15) is 4.39 Å². The average Bonchev–Trinajstić information content (AvgIpc) is 2.87. The number of halogens is 1. The molecule has 0 bridgehead atoms. The van der Waals surface area contributed by atoms with Gasteiger partial charge in [0.2, 0.25) is 0 Å². The number of hydrogen-bond donors (Lipinski definition) is 0. The molecule has 3 aliphatic carbocycles. The van der Waals surface area contributed by atoms with E-state index in [-0.39, 0.29) is 5.82 Å². The largest absolute Gasteiger partial charge is 0.207 e. The molecule has 0 aromatic heterocycles. The molecule has 4 atom stereocenters. The van der Waals surface area contributed by atoms with Crippen LogP contribution in [0.4, 0.5) is 4.39 Å². The zero-order valence-electron chi connectivity index (χ0n) is 22.2.